The minimum atomic E-state index is 0.174. The van der Waals surface area contributed by atoms with Crippen LogP contribution in [0.5, 0.6) is 0 Å². The number of hydrogen-bond donors (Lipinski definition) is 0. The summed E-state index contributed by atoms with van der Waals surface area (Å²) in [5, 5.41) is 9.31. The number of carbonyl (C=O) groups excluding carboxylic acids is 1. The van der Waals surface area contributed by atoms with Crippen LogP contribution in [-0.4, -0.2) is 57.6 Å². The Morgan fingerprint density at radius 3 is 3.04 bits per heavy atom. The first-order valence-electron chi connectivity index (χ1n) is 9.09. The van der Waals surface area contributed by atoms with Crippen LogP contribution in [0.25, 0.3) is 11.6 Å². The molecule has 2 aromatic heterocycles. The summed E-state index contributed by atoms with van der Waals surface area (Å²) in [6.45, 7) is 4.36. The van der Waals surface area contributed by atoms with Crippen molar-refractivity contribution in [3.63, 3.8) is 0 Å². The Bertz CT molecular complexity index is 701. The molecule has 0 aromatic carbocycles. The second-order valence-electron chi connectivity index (χ2n) is 6.50. The van der Waals surface area contributed by atoms with Gasteiger partial charge in [0, 0.05) is 32.8 Å². The molecule has 1 saturated heterocycles. The highest BCUT2D eigenvalue weighted by atomic mass is 32.2. The van der Waals surface area contributed by atoms with Gasteiger partial charge < -0.3 is 14.1 Å². The van der Waals surface area contributed by atoms with Gasteiger partial charge in [-0.2, -0.15) is 0 Å². The molecule has 8 heteroatoms. The fourth-order valence-corrected chi connectivity index (χ4v) is 4.08. The van der Waals surface area contributed by atoms with Gasteiger partial charge in [0.25, 0.3) is 0 Å². The van der Waals surface area contributed by atoms with Crippen LogP contribution >= 0.6 is 11.8 Å². The van der Waals surface area contributed by atoms with E-state index in [0.717, 1.165) is 31.0 Å². The third-order valence-electron chi connectivity index (χ3n) is 4.64. The molecule has 3 heterocycles. The third-order valence-corrected chi connectivity index (χ3v) is 5.59. The number of amides is 1. The fourth-order valence-electron chi connectivity index (χ4n) is 3.23. The Labute approximate surface area is 158 Å². The van der Waals surface area contributed by atoms with Gasteiger partial charge in [-0.05, 0) is 44.7 Å². The molecule has 3 rings (SSSR count). The summed E-state index contributed by atoms with van der Waals surface area (Å²) in [5.41, 5.74) is 0. The van der Waals surface area contributed by atoms with Crippen molar-refractivity contribution in [1.82, 2.24) is 19.7 Å². The number of nitrogens with zero attached hydrogens (tertiary/aromatic N) is 4. The van der Waals surface area contributed by atoms with Gasteiger partial charge in [-0.1, -0.05) is 11.8 Å². The summed E-state index contributed by atoms with van der Waals surface area (Å²) in [7, 11) is 1.69. The number of ether oxygens (including phenoxy) is 1. The standard InChI is InChI=1S/C18H26N4O3S/c1-14-7-3-4-9-21(14)16(23)13-26-18-20-19-17(15-8-5-12-25-15)22(18)10-6-11-24-2/h5,8,12,14H,3-4,6-7,9-11,13H2,1-2H3. The second kappa shape index (κ2) is 9.23. The lowest BCUT2D eigenvalue weighted by Crippen LogP contribution is -2.43. The Balaban J connectivity index is 1.69. The van der Waals surface area contributed by atoms with E-state index in [0.29, 0.717) is 36.5 Å². The number of methoxy groups -OCH3 is 1. The van der Waals surface area contributed by atoms with Crippen molar-refractivity contribution in [2.45, 2.75) is 50.4 Å². The number of hydrogen-bond acceptors (Lipinski definition) is 6. The molecule has 1 aliphatic heterocycles. The molecule has 0 radical (unpaired) electrons. The van der Waals surface area contributed by atoms with Crippen LogP contribution in [-0.2, 0) is 16.1 Å². The summed E-state index contributed by atoms with van der Waals surface area (Å²) in [5.74, 6) is 1.92. The van der Waals surface area contributed by atoms with Gasteiger partial charge >= 0.3 is 0 Å². The molecule has 1 atom stereocenters. The van der Waals surface area contributed by atoms with Crippen molar-refractivity contribution in [2.24, 2.45) is 0 Å². The van der Waals surface area contributed by atoms with Crippen molar-refractivity contribution in [2.75, 3.05) is 26.0 Å². The summed E-state index contributed by atoms with van der Waals surface area (Å²) in [6.07, 6.45) is 5.85. The van der Waals surface area contributed by atoms with Gasteiger partial charge in [-0.3, -0.25) is 9.36 Å². The van der Waals surface area contributed by atoms with E-state index in [1.807, 2.05) is 21.6 Å². The Morgan fingerprint density at radius 2 is 2.31 bits per heavy atom. The maximum Gasteiger partial charge on any atom is 0.233 e. The normalized spacial score (nSPS) is 17.6. The number of aromatic nitrogens is 3. The molecule has 0 N–H and O–H groups in total. The first-order chi connectivity index (χ1) is 12.7. The molecule has 0 saturated carbocycles. The van der Waals surface area contributed by atoms with Gasteiger partial charge in [-0.15, -0.1) is 10.2 Å². The maximum absolute atomic E-state index is 12.6. The number of rotatable bonds is 8. The molecule has 1 fully saturated rings. The molecule has 0 spiro atoms. The van der Waals surface area contributed by atoms with Gasteiger partial charge in [-0.25, -0.2) is 0 Å². The molecule has 2 aromatic rings. The topological polar surface area (TPSA) is 73.4 Å². The van der Waals surface area contributed by atoms with E-state index in [4.69, 9.17) is 9.15 Å². The molecule has 0 bridgehead atoms. The molecule has 1 aliphatic rings. The van der Waals surface area contributed by atoms with Gasteiger partial charge in [0.1, 0.15) is 0 Å². The Hall–Kier alpha value is -1.80. The van der Waals surface area contributed by atoms with Crippen LogP contribution < -0.4 is 0 Å². The van der Waals surface area contributed by atoms with E-state index in [1.165, 1.54) is 18.2 Å². The van der Waals surface area contributed by atoms with Crippen LogP contribution in [0, 0.1) is 0 Å². The van der Waals surface area contributed by atoms with Crippen molar-refractivity contribution < 1.29 is 13.9 Å². The Morgan fingerprint density at radius 1 is 1.42 bits per heavy atom. The molecule has 0 aliphatic carbocycles. The monoisotopic (exact) mass is 378 g/mol. The molecular weight excluding hydrogens is 352 g/mol. The quantitative estimate of drug-likeness (QED) is 0.519. The van der Waals surface area contributed by atoms with Crippen LogP contribution in [0.3, 0.4) is 0 Å². The lowest BCUT2D eigenvalue weighted by Gasteiger charge is -2.33. The van der Waals surface area contributed by atoms with Crippen LogP contribution in [0.4, 0.5) is 0 Å². The third kappa shape index (κ3) is 4.48. The van der Waals surface area contributed by atoms with Gasteiger partial charge in [0.05, 0.1) is 12.0 Å². The van der Waals surface area contributed by atoms with Crippen molar-refractivity contribution in [3.05, 3.63) is 18.4 Å². The van der Waals surface area contributed by atoms with Crippen molar-refractivity contribution in [3.8, 4) is 11.6 Å². The fraction of sp³-hybridized carbons (Fsp3) is 0.611. The number of thioether (sulfide) groups is 1. The van der Waals surface area contributed by atoms with Gasteiger partial charge in [0.15, 0.2) is 16.7 Å². The van der Waals surface area contributed by atoms with Gasteiger partial charge in [0.2, 0.25) is 5.91 Å². The first-order valence-corrected chi connectivity index (χ1v) is 10.1. The Kier molecular flexibility index (Phi) is 6.73. The smallest absolute Gasteiger partial charge is 0.233 e. The predicted octanol–water partition coefficient (Wildman–Crippen LogP) is 3.07. The lowest BCUT2D eigenvalue weighted by molar-refractivity contribution is -0.131. The summed E-state index contributed by atoms with van der Waals surface area (Å²) < 4.78 is 12.6. The van der Waals surface area contributed by atoms with E-state index in [-0.39, 0.29) is 5.91 Å². The SMILES string of the molecule is COCCCn1c(SCC(=O)N2CCCCC2C)nnc1-c1ccco1. The molecule has 142 valence electrons. The highest BCUT2D eigenvalue weighted by Crippen LogP contribution is 2.26. The number of carbonyl (C=O) groups is 1. The predicted molar refractivity (Wildman–Crippen MR) is 100.0 cm³/mol. The van der Waals surface area contributed by atoms with E-state index >= 15 is 0 Å². The van der Waals surface area contributed by atoms with Crippen LogP contribution in [0.1, 0.15) is 32.6 Å². The van der Waals surface area contributed by atoms with Crippen molar-refractivity contribution in [1.29, 1.82) is 0 Å². The molecular formula is C18H26N4O3S. The van der Waals surface area contributed by atoms with Crippen LogP contribution in [0.15, 0.2) is 28.0 Å². The van der Waals surface area contributed by atoms with Crippen molar-refractivity contribution >= 4 is 17.7 Å². The summed E-state index contributed by atoms with van der Waals surface area (Å²) in [6, 6.07) is 4.03. The lowest BCUT2D eigenvalue weighted by atomic mass is 10.0. The molecule has 1 unspecified atom stereocenters. The number of furan rings is 1. The number of likely N-dealkylation sites (tertiary alicyclic amines) is 1. The first kappa shape index (κ1) is 19.0. The highest BCUT2D eigenvalue weighted by Gasteiger charge is 2.24. The summed E-state index contributed by atoms with van der Waals surface area (Å²) >= 11 is 1.44. The molecule has 7 nitrogen and oxygen atoms in total. The average Bonchev–Trinajstić information content (AvgIpc) is 3.30. The largest absolute Gasteiger partial charge is 0.461 e. The van der Waals surface area contributed by atoms with E-state index < -0.39 is 0 Å². The number of piperidine rings is 1. The minimum Gasteiger partial charge on any atom is -0.461 e. The zero-order valence-corrected chi connectivity index (χ0v) is 16.2. The minimum absolute atomic E-state index is 0.174. The average molecular weight is 378 g/mol. The molecule has 1 amide bonds. The summed E-state index contributed by atoms with van der Waals surface area (Å²) in [4.78, 5) is 14.6. The van der Waals surface area contributed by atoms with E-state index in [1.54, 1.807) is 13.4 Å². The second-order valence-corrected chi connectivity index (χ2v) is 7.44. The molecule has 26 heavy (non-hydrogen) atoms. The van der Waals surface area contributed by atoms with E-state index in [2.05, 4.69) is 17.1 Å². The van der Waals surface area contributed by atoms with E-state index in [9.17, 15) is 4.79 Å². The zero-order valence-electron chi connectivity index (χ0n) is 15.4. The highest BCUT2D eigenvalue weighted by molar-refractivity contribution is 7.99. The van der Waals surface area contributed by atoms with Crippen LogP contribution in [0.2, 0.25) is 0 Å². The maximum atomic E-state index is 12.6. The zero-order chi connectivity index (χ0) is 18.4.